The molecule has 13 heteroatoms. The molecule has 280 valence electrons. The number of amides is 5. The highest BCUT2D eigenvalue weighted by Crippen LogP contribution is 2.91. The first-order valence-corrected chi connectivity index (χ1v) is 20.0. The summed E-state index contributed by atoms with van der Waals surface area (Å²) in [5.74, 6) is -2.19. The van der Waals surface area contributed by atoms with Gasteiger partial charge in [-0.2, -0.15) is 0 Å². The molecule has 1 spiro atoms. The number of ketones is 1. The highest BCUT2D eigenvalue weighted by Gasteiger charge is 2.98. The second-order valence-electron chi connectivity index (χ2n) is 18.4. The predicted octanol–water partition coefficient (Wildman–Crippen LogP) is 3.40. The average molecular weight is 718 g/mol. The van der Waals surface area contributed by atoms with Gasteiger partial charge >= 0.3 is 6.03 Å². The van der Waals surface area contributed by atoms with Gasteiger partial charge in [-0.3, -0.25) is 19.2 Å². The molecule has 0 bridgehead atoms. The van der Waals surface area contributed by atoms with Gasteiger partial charge in [0.05, 0.1) is 22.1 Å². The second-order valence-corrected chi connectivity index (χ2v) is 21.2. The maximum absolute atomic E-state index is 14.7. The number of urea groups is 1. The Kier molecular flexibility index (Phi) is 9.66. The predicted molar refractivity (Wildman–Crippen MR) is 191 cm³/mol. The lowest BCUT2D eigenvalue weighted by atomic mass is 9.83. The van der Waals surface area contributed by atoms with Crippen molar-refractivity contribution in [2.24, 2.45) is 28.1 Å². The molecule has 1 heterocycles. The molecule has 5 rings (SSSR count). The molecule has 0 aromatic rings. The Hall–Kier alpha value is -2.96. The van der Waals surface area contributed by atoms with E-state index in [0.29, 0.717) is 32.2 Å². The summed E-state index contributed by atoms with van der Waals surface area (Å²) < 4.78 is 25.7. The molecule has 3 unspecified atom stereocenters. The summed E-state index contributed by atoms with van der Waals surface area (Å²) >= 11 is 0. The van der Waals surface area contributed by atoms with Crippen LogP contribution in [0.3, 0.4) is 0 Å². The number of piperidine rings is 2. The number of rotatable bonds is 13. The molecule has 0 aromatic heterocycles. The number of hydrogen-bond donors (Lipinski definition) is 4. The minimum absolute atomic E-state index is 0.0701. The summed E-state index contributed by atoms with van der Waals surface area (Å²) in [6.07, 6.45) is 7.68. The summed E-state index contributed by atoms with van der Waals surface area (Å²) in [5.41, 5.74) is -3.57. The molecule has 4 N–H and O–H groups in total. The van der Waals surface area contributed by atoms with Crippen LogP contribution in [-0.2, 0) is 29.0 Å². The minimum atomic E-state index is -3.57. The maximum Gasteiger partial charge on any atom is 0.315 e. The van der Waals surface area contributed by atoms with Gasteiger partial charge < -0.3 is 26.2 Å². The third kappa shape index (κ3) is 6.49. The molecule has 1 aliphatic heterocycles. The molecular formula is C37H59N5O7S. The van der Waals surface area contributed by atoms with Crippen molar-refractivity contribution in [1.82, 2.24) is 26.2 Å². The molecule has 50 heavy (non-hydrogen) atoms. The van der Waals surface area contributed by atoms with Crippen molar-refractivity contribution >= 4 is 39.4 Å². The van der Waals surface area contributed by atoms with Gasteiger partial charge in [-0.15, -0.1) is 6.58 Å². The number of nitrogens with zero attached hydrogens (tertiary/aromatic N) is 1. The fourth-order valence-electron chi connectivity index (χ4n) is 9.17. The smallest absolute Gasteiger partial charge is 0.315 e. The molecule has 5 aliphatic rings. The van der Waals surface area contributed by atoms with E-state index in [2.05, 4.69) is 41.7 Å². The average Bonchev–Trinajstić information content (AvgIpc) is 3.95. The zero-order valence-electron chi connectivity index (χ0n) is 31.3. The topological polar surface area (TPSA) is 171 Å². The van der Waals surface area contributed by atoms with Gasteiger partial charge in [0.1, 0.15) is 11.6 Å². The lowest BCUT2D eigenvalue weighted by Gasteiger charge is -2.41. The Balaban J connectivity index is 1.38. The maximum atomic E-state index is 14.7. The van der Waals surface area contributed by atoms with Gasteiger partial charge in [-0.25, -0.2) is 13.2 Å². The fraction of sp³-hybridized carbons (Fsp3) is 0.811. The summed E-state index contributed by atoms with van der Waals surface area (Å²) in [4.78, 5) is 70.5. The number of carbonyl (C=O) groups excluding carboxylic acids is 5. The van der Waals surface area contributed by atoms with Crippen LogP contribution < -0.4 is 21.3 Å². The van der Waals surface area contributed by atoms with E-state index in [4.69, 9.17) is 0 Å². The minimum Gasteiger partial charge on any atom is -0.346 e. The fourth-order valence-corrected chi connectivity index (χ4v) is 10.7. The third-order valence-corrected chi connectivity index (χ3v) is 15.4. The van der Waals surface area contributed by atoms with Crippen LogP contribution in [0.1, 0.15) is 113 Å². The number of carbonyl (C=O) groups is 5. The van der Waals surface area contributed by atoms with Gasteiger partial charge in [0.25, 0.3) is 5.91 Å². The van der Waals surface area contributed by atoms with Gasteiger partial charge in [-0.05, 0) is 69.1 Å². The van der Waals surface area contributed by atoms with Crippen LogP contribution in [0.2, 0.25) is 0 Å². The molecule has 5 atom stereocenters. The van der Waals surface area contributed by atoms with Crippen LogP contribution in [-0.4, -0.2) is 89.6 Å². The number of Topliss-reactive ketones (excluding diaryl/α,β-unsaturated/α-hetero) is 1. The molecule has 5 fully saturated rings. The van der Waals surface area contributed by atoms with E-state index in [1.54, 1.807) is 25.7 Å². The summed E-state index contributed by atoms with van der Waals surface area (Å²) in [6, 6.07) is -2.65. The largest absolute Gasteiger partial charge is 0.346 e. The van der Waals surface area contributed by atoms with E-state index in [-0.39, 0.29) is 29.5 Å². The summed E-state index contributed by atoms with van der Waals surface area (Å²) in [5, 5.41) is 11.4. The van der Waals surface area contributed by atoms with Gasteiger partial charge in [-0.1, -0.05) is 72.8 Å². The van der Waals surface area contributed by atoms with Crippen LogP contribution >= 0.6 is 0 Å². The van der Waals surface area contributed by atoms with Crippen molar-refractivity contribution in [3.8, 4) is 0 Å². The van der Waals surface area contributed by atoms with Crippen LogP contribution in [0.25, 0.3) is 0 Å². The van der Waals surface area contributed by atoms with E-state index in [0.717, 1.165) is 32.1 Å². The quantitative estimate of drug-likeness (QED) is 0.167. The first kappa shape index (κ1) is 38.3. The van der Waals surface area contributed by atoms with Gasteiger partial charge in [0.15, 0.2) is 9.84 Å². The van der Waals surface area contributed by atoms with Crippen LogP contribution in [0.4, 0.5) is 4.79 Å². The summed E-state index contributed by atoms with van der Waals surface area (Å²) in [7, 11) is -3.57. The Morgan fingerprint density at radius 3 is 2.10 bits per heavy atom. The normalized spacial score (nSPS) is 29.0. The molecule has 12 nitrogen and oxygen atoms in total. The molecule has 0 radical (unpaired) electrons. The van der Waals surface area contributed by atoms with E-state index in [1.807, 2.05) is 20.8 Å². The first-order valence-electron chi connectivity index (χ1n) is 18.4. The number of sulfone groups is 1. The zero-order valence-corrected chi connectivity index (χ0v) is 32.1. The van der Waals surface area contributed by atoms with E-state index < -0.39 is 78.1 Å². The number of hydrogen-bond acceptors (Lipinski definition) is 7. The standard InChI is InChI=1S/C37H59N5O7S/c1-10-18-38-28(44)26(43)24(19-23-14-15-23)39-30(46)37-21-36(37)25(34(36,8)9)20-42(37)29(45)27(32(2,3)4)40-31(47)41-35(16-12-11-13-17-35)22-50(48,49)33(5,6)7/h10,23-25,27H,1,11-22H2,2-9H3,(H,38,44)(H,39,46)(H2,40,41,47)/t24?,25?,27-,36-,37?/m1/s1. The van der Waals surface area contributed by atoms with Crippen molar-refractivity contribution in [3.05, 3.63) is 12.7 Å². The Morgan fingerprint density at radius 2 is 1.58 bits per heavy atom. The first-order chi connectivity index (χ1) is 23.0. The Morgan fingerprint density at radius 1 is 0.960 bits per heavy atom. The van der Waals surface area contributed by atoms with Gasteiger partial charge in [0, 0.05) is 18.5 Å². The van der Waals surface area contributed by atoms with Crippen molar-refractivity contribution < 1.29 is 32.4 Å². The third-order valence-electron chi connectivity index (χ3n) is 12.6. The molecule has 5 amide bonds. The highest BCUT2D eigenvalue weighted by molar-refractivity contribution is 7.92. The van der Waals surface area contributed by atoms with Crippen molar-refractivity contribution in [2.75, 3.05) is 18.8 Å². The molecule has 4 aliphatic carbocycles. The number of nitrogens with one attached hydrogen (secondary N) is 4. The monoisotopic (exact) mass is 717 g/mol. The lowest BCUT2D eigenvalue weighted by Crippen LogP contribution is -2.65. The van der Waals surface area contributed by atoms with Crippen LogP contribution in [0.15, 0.2) is 12.7 Å². The number of likely N-dealkylation sites (tertiary alicyclic amines) is 1. The van der Waals surface area contributed by atoms with E-state index in [1.165, 1.54) is 6.08 Å². The van der Waals surface area contributed by atoms with Crippen molar-refractivity contribution in [2.45, 2.75) is 141 Å². The lowest BCUT2D eigenvalue weighted by molar-refractivity contribution is -0.147. The Labute approximate surface area is 298 Å². The van der Waals surface area contributed by atoms with E-state index >= 15 is 0 Å². The molecule has 4 saturated carbocycles. The Bertz CT molecular complexity index is 1550. The zero-order chi connectivity index (χ0) is 37.3. The van der Waals surface area contributed by atoms with Crippen LogP contribution in [0.5, 0.6) is 0 Å². The van der Waals surface area contributed by atoms with E-state index in [9.17, 15) is 32.4 Å². The SMILES string of the molecule is C=CCNC(=O)C(=O)C(CC1CC1)NC(=O)C12C[C@]13C(CN2C(=O)[C@@H](NC(=O)NC1(CS(=O)(=O)C(C)(C)C)CCCCC1)C(C)(C)C)C3(C)C. The molecular weight excluding hydrogens is 659 g/mol. The molecule has 0 aromatic carbocycles. The van der Waals surface area contributed by atoms with Crippen molar-refractivity contribution in [3.63, 3.8) is 0 Å². The van der Waals surface area contributed by atoms with Gasteiger partial charge in [0.2, 0.25) is 17.6 Å². The van der Waals surface area contributed by atoms with Crippen molar-refractivity contribution in [1.29, 1.82) is 0 Å². The highest BCUT2D eigenvalue weighted by atomic mass is 32.2. The second kappa shape index (κ2) is 12.6. The molecule has 1 saturated heterocycles. The van der Waals surface area contributed by atoms with Crippen LogP contribution in [0, 0.1) is 28.1 Å². The summed E-state index contributed by atoms with van der Waals surface area (Å²) in [6.45, 7) is 18.8.